The van der Waals surface area contributed by atoms with Gasteiger partial charge in [-0.3, -0.25) is 9.56 Å². The Morgan fingerprint density at radius 2 is 2.14 bits per heavy atom. The number of fused-ring (bicyclic) bond motifs is 1. The molecule has 0 bridgehead atoms. The molecule has 0 saturated carbocycles. The Morgan fingerprint density at radius 3 is 2.83 bits per heavy atom. The zero-order valence-electron chi connectivity index (χ0n) is 16.1. The minimum atomic E-state index is -0.317. The van der Waals surface area contributed by atoms with Gasteiger partial charge in [-0.2, -0.15) is 4.98 Å². The molecule has 0 spiro atoms. The number of rotatable bonds is 9. The summed E-state index contributed by atoms with van der Waals surface area (Å²) in [5.74, 6) is 0.120. The largest absolute Gasteiger partial charge is 0.370 e. The predicted molar refractivity (Wildman–Crippen MR) is 124 cm³/mol. The molecular formula is C19H25N7OS2. The number of nitrogens with one attached hydrogen (secondary N) is 2. The van der Waals surface area contributed by atoms with E-state index in [0.717, 1.165) is 41.8 Å². The third-order valence-electron chi connectivity index (χ3n) is 4.47. The van der Waals surface area contributed by atoms with Crippen molar-refractivity contribution in [2.75, 3.05) is 13.1 Å². The average molecular weight is 432 g/mol. The molecule has 1 aromatic carbocycles. The van der Waals surface area contributed by atoms with Crippen molar-refractivity contribution >= 4 is 39.4 Å². The van der Waals surface area contributed by atoms with E-state index >= 15 is 0 Å². The number of benzene rings is 1. The fraction of sp³-hybridized carbons (Fsp3) is 0.316. The first kappa shape index (κ1) is 21.3. The molecular weight excluding hydrogens is 406 g/mol. The predicted octanol–water partition coefficient (Wildman–Crippen LogP) is 2.11. The zero-order valence-corrected chi connectivity index (χ0v) is 17.8. The third-order valence-corrected chi connectivity index (χ3v) is 5.99. The summed E-state index contributed by atoms with van der Waals surface area (Å²) in [4.78, 5) is 23.8. The lowest BCUT2D eigenvalue weighted by Crippen LogP contribution is -2.23. The lowest BCUT2D eigenvalue weighted by Gasteiger charge is -2.08. The molecule has 1 atom stereocenters. The van der Waals surface area contributed by atoms with Gasteiger partial charge in [-0.1, -0.05) is 22.9 Å². The third kappa shape index (κ3) is 5.55. The Kier molecular flexibility index (Phi) is 7.24. The van der Waals surface area contributed by atoms with E-state index in [0.29, 0.717) is 12.2 Å². The summed E-state index contributed by atoms with van der Waals surface area (Å²) < 4.78 is 1.56. The van der Waals surface area contributed by atoms with Gasteiger partial charge in [0.1, 0.15) is 5.65 Å². The van der Waals surface area contributed by atoms with E-state index in [-0.39, 0.29) is 16.9 Å². The van der Waals surface area contributed by atoms with E-state index in [2.05, 4.69) is 31.9 Å². The number of hydrogen-bond acceptors (Lipinski definition) is 6. The number of hydrogen-bond donors (Lipinski definition) is 5. The zero-order chi connectivity index (χ0) is 20.8. The van der Waals surface area contributed by atoms with E-state index in [9.17, 15) is 4.79 Å². The van der Waals surface area contributed by atoms with Crippen LogP contribution in [-0.4, -0.2) is 33.6 Å². The first-order chi connectivity index (χ1) is 14.0. The Morgan fingerprint density at radius 1 is 1.38 bits per heavy atom. The van der Waals surface area contributed by atoms with Gasteiger partial charge in [-0.05, 0) is 43.7 Å². The van der Waals surface area contributed by atoms with E-state index < -0.39 is 0 Å². The molecule has 3 rings (SSSR count). The van der Waals surface area contributed by atoms with Gasteiger partial charge in [-0.15, -0.1) is 11.7 Å². The Balaban J connectivity index is 1.67. The molecule has 0 aliphatic heterocycles. The molecule has 0 radical (unpaired) electrons. The van der Waals surface area contributed by atoms with Crippen LogP contribution in [0.4, 0.5) is 0 Å². The molecule has 154 valence electrons. The van der Waals surface area contributed by atoms with Gasteiger partial charge in [0.05, 0.1) is 10.9 Å². The second kappa shape index (κ2) is 9.86. The highest BCUT2D eigenvalue weighted by Gasteiger charge is 2.11. The van der Waals surface area contributed by atoms with Crippen molar-refractivity contribution in [1.29, 1.82) is 0 Å². The monoisotopic (exact) mass is 431 g/mol. The first-order valence-corrected chi connectivity index (χ1v) is 11.2. The van der Waals surface area contributed by atoms with Gasteiger partial charge < -0.3 is 21.8 Å². The van der Waals surface area contributed by atoms with Crippen LogP contribution in [-0.2, 0) is 6.54 Å². The fourth-order valence-electron chi connectivity index (χ4n) is 2.90. The maximum Gasteiger partial charge on any atom is 0.354 e. The minimum absolute atomic E-state index is 0.120. The normalized spacial score (nSPS) is 12.2. The molecule has 0 fully saturated rings. The van der Waals surface area contributed by atoms with Crippen molar-refractivity contribution in [3.63, 3.8) is 0 Å². The van der Waals surface area contributed by atoms with Gasteiger partial charge in [-0.25, -0.2) is 4.79 Å². The standard InChI is InChI=1S/C19H25N7OS2/c1-12(29-28)16-9-14-11-26(19(27)25-17(14)24-16)15-5-3-13(4-6-15)10-22-7-2-8-23-18(20)21/h3-6,9,11-12,22,28H,2,7-8,10H2,1H3,(H4,20,21,23)(H,24,25,27). The molecule has 3 aromatic rings. The van der Waals surface area contributed by atoms with Crippen LogP contribution in [0, 0.1) is 0 Å². The molecule has 2 heterocycles. The number of H-pyrrole nitrogens is 1. The molecule has 0 amide bonds. The Labute approximate surface area is 178 Å². The summed E-state index contributed by atoms with van der Waals surface area (Å²) >= 11 is 4.25. The average Bonchev–Trinajstić information content (AvgIpc) is 3.12. The second-order valence-electron chi connectivity index (χ2n) is 6.67. The summed E-state index contributed by atoms with van der Waals surface area (Å²) in [6, 6.07) is 9.84. The second-order valence-corrected chi connectivity index (χ2v) is 8.22. The fourth-order valence-corrected chi connectivity index (χ4v) is 3.48. The highest BCUT2D eigenvalue weighted by molar-refractivity contribution is 8.68. The highest BCUT2D eigenvalue weighted by Crippen LogP contribution is 2.31. The Bertz CT molecular complexity index is 1040. The van der Waals surface area contributed by atoms with Crippen molar-refractivity contribution in [1.82, 2.24) is 19.9 Å². The first-order valence-electron chi connectivity index (χ1n) is 9.26. The molecule has 1 unspecified atom stereocenters. The number of guanidine groups is 1. The molecule has 6 N–H and O–H groups in total. The number of aromatic nitrogens is 3. The van der Waals surface area contributed by atoms with Crippen LogP contribution < -0.4 is 22.5 Å². The van der Waals surface area contributed by atoms with Gasteiger partial charge in [0.15, 0.2) is 5.96 Å². The number of nitrogens with two attached hydrogens (primary N) is 2. The quantitative estimate of drug-likeness (QED) is 0.116. The molecule has 0 saturated heterocycles. The highest BCUT2D eigenvalue weighted by atomic mass is 33.1. The Hall–Kier alpha value is -2.43. The van der Waals surface area contributed by atoms with Crippen LogP contribution in [0.1, 0.15) is 29.9 Å². The van der Waals surface area contributed by atoms with Crippen LogP contribution >= 0.6 is 22.5 Å². The maximum absolute atomic E-state index is 12.5. The summed E-state index contributed by atoms with van der Waals surface area (Å²) in [5.41, 5.74) is 13.8. The van der Waals surface area contributed by atoms with Crippen LogP contribution in [0.15, 0.2) is 46.3 Å². The summed E-state index contributed by atoms with van der Waals surface area (Å²) in [6.07, 6.45) is 2.68. The van der Waals surface area contributed by atoms with Crippen LogP contribution in [0.5, 0.6) is 0 Å². The van der Waals surface area contributed by atoms with E-state index in [1.807, 2.05) is 43.5 Å². The number of thiol groups is 1. The maximum atomic E-state index is 12.5. The topological polar surface area (TPSA) is 127 Å². The summed E-state index contributed by atoms with van der Waals surface area (Å²) in [6.45, 7) is 4.20. The summed E-state index contributed by atoms with van der Waals surface area (Å²) in [5, 5.41) is 4.42. The van der Waals surface area contributed by atoms with Crippen molar-refractivity contribution < 1.29 is 0 Å². The molecule has 8 nitrogen and oxygen atoms in total. The molecule has 10 heteroatoms. The molecule has 29 heavy (non-hydrogen) atoms. The van der Waals surface area contributed by atoms with Crippen LogP contribution in [0.3, 0.4) is 0 Å². The number of nitrogens with zero attached hydrogens (tertiary/aromatic N) is 3. The van der Waals surface area contributed by atoms with Gasteiger partial charge in [0, 0.05) is 30.4 Å². The summed E-state index contributed by atoms with van der Waals surface area (Å²) in [7, 11) is 1.44. The van der Waals surface area contributed by atoms with E-state index in [4.69, 9.17) is 11.5 Å². The minimum Gasteiger partial charge on any atom is -0.370 e. The smallest absolute Gasteiger partial charge is 0.354 e. The van der Waals surface area contributed by atoms with Crippen molar-refractivity contribution in [2.24, 2.45) is 16.5 Å². The van der Waals surface area contributed by atoms with E-state index in [1.165, 1.54) is 10.8 Å². The van der Waals surface area contributed by atoms with E-state index in [1.54, 1.807) is 4.57 Å². The number of aliphatic imine (C=N–C) groups is 1. The van der Waals surface area contributed by atoms with Crippen molar-refractivity contribution in [3.05, 3.63) is 58.3 Å². The van der Waals surface area contributed by atoms with Crippen molar-refractivity contribution in [3.8, 4) is 5.69 Å². The lowest BCUT2D eigenvalue weighted by molar-refractivity contribution is 0.655. The van der Waals surface area contributed by atoms with Gasteiger partial charge in [0.2, 0.25) is 0 Å². The molecule has 0 aliphatic carbocycles. The lowest BCUT2D eigenvalue weighted by atomic mass is 10.2. The van der Waals surface area contributed by atoms with Crippen molar-refractivity contribution in [2.45, 2.75) is 25.1 Å². The SMILES string of the molecule is CC(SS)c1cc2cn(-c3ccc(CNCCCN=C(N)N)cc3)c(=O)nc2[nH]1. The van der Waals surface area contributed by atoms with Gasteiger partial charge in [0.25, 0.3) is 0 Å². The number of aromatic amines is 1. The molecule has 0 aliphatic rings. The van der Waals surface area contributed by atoms with Gasteiger partial charge >= 0.3 is 5.69 Å². The van der Waals surface area contributed by atoms with Crippen LogP contribution in [0.25, 0.3) is 16.7 Å². The molecule has 2 aromatic heterocycles. The van der Waals surface area contributed by atoms with Crippen LogP contribution in [0.2, 0.25) is 0 Å².